The number of halogens is 3. The number of amidine groups is 1. The number of aliphatic imine (C=N–C) groups is 1. The Kier molecular flexibility index (Phi) is 5.77. The Labute approximate surface area is 166 Å². The van der Waals surface area contributed by atoms with Gasteiger partial charge in [-0.3, -0.25) is 10.2 Å². The Balaban J connectivity index is 1.71. The first kappa shape index (κ1) is 19.3. The molecule has 0 fully saturated rings. The van der Waals surface area contributed by atoms with E-state index in [1.807, 2.05) is 6.92 Å². The number of hydrogen-bond donors (Lipinski definition) is 2. The van der Waals surface area contributed by atoms with Crippen LogP contribution in [-0.2, 0) is 11.2 Å². The molecule has 3 rings (SSSR count). The molecular formula is C19H17Cl2FN4O. The minimum absolute atomic E-state index is 0.0474. The fraction of sp³-hybridized carbons (Fsp3) is 0.211. The predicted molar refractivity (Wildman–Crippen MR) is 106 cm³/mol. The summed E-state index contributed by atoms with van der Waals surface area (Å²) >= 11 is 12.3. The molecule has 27 heavy (non-hydrogen) atoms. The molecule has 140 valence electrons. The second-order valence-corrected chi connectivity index (χ2v) is 7.24. The highest BCUT2D eigenvalue weighted by atomic mass is 35.5. The van der Waals surface area contributed by atoms with Crippen molar-refractivity contribution in [1.29, 1.82) is 0 Å². The van der Waals surface area contributed by atoms with Gasteiger partial charge in [-0.2, -0.15) is 5.10 Å². The van der Waals surface area contributed by atoms with Crippen molar-refractivity contribution in [1.82, 2.24) is 10.7 Å². The average Bonchev–Trinajstić information content (AvgIpc) is 2.58. The molecule has 1 atom stereocenters. The van der Waals surface area contributed by atoms with Crippen molar-refractivity contribution >= 4 is 46.8 Å². The Hall–Kier alpha value is -2.44. The van der Waals surface area contributed by atoms with Crippen LogP contribution in [0.4, 0.5) is 10.1 Å². The van der Waals surface area contributed by atoms with Gasteiger partial charge in [-0.25, -0.2) is 9.38 Å². The van der Waals surface area contributed by atoms with E-state index in [0.29, 0.717) is 33.6 Å². The first-order chi connectivity index (χ1) is 12.8. The van der Waals surface area contributed by atoms with Crippen LogP contribution in [0, 0.1) is 5.82 Å². The van der Waals surface area contributed by atoms with Crippen LogP contribution in [-0.4, -0.2) is 23.5 Å². The van der Waals surface area contributed by atoms with Gasteiger partial charge in [0, 0.05) is 16.5 Å². The number of rotatable bonds is 4. The van der Waals surface area contributed by atoms with Gasteiger partial charge in [0.25, 0.3) is 0 Å². The van der Waals surface area contributed by atoms with Crippen LogP contribution < -0.4 is 10.7 Å². The zero-order valence-corrected chi connectivity index (χ0v) is 16.0. The molecular weight excluding hydrogens is 390 g/mol. The number of nitrogens with one attached hydrogen (secondary N) is 2. The number of benzene rings is 2. The summed E-state index contributed by atoms with van der Waals surface area (Å²) in [6.45, 7) is 1.82. The number of amides is 1. The summed E-state index contributed by atoms with van der Waals surface area (Å²) in [5, 5.41) is 7.86. The van der Waals surface area contributed by atoms with Crippen LogP contribution in [0.25, 0.3) is 0 Å². The van der Waals surface area contributed by atoms with E-state index in [2.05, 4.69) is 20.8 Å². The summed E-state index contributed by atoms with van der Waals surface area (Å²) in [6, 6.07) is 11.0. The molecule has 0 saturated heterocycles. The molecule has 2 aromatic rings. The molecule has 1 heterocycles. The molecule has 5 nitrogen and oxygen atoms in total. The third-order valence-electron chi connectivity index (χ3n) is 3.97. The van der Waals surface area contributed by atoms with E-state index < -0.39 is 5.54 Å². The fourth-order valence-corrected chi connectivity index (χ4v) is 3.28. The van der Waals surface area contributed by atoms with Crippen LogP contribution >= 0.6 is 23.2 Å². The highest BCUT2D eigenvalue weighted by molar-refractivity contribution is 6.36. The van der Waals surface area contributed by atoms with Gasteiger partial charge in [0.1, 0.15) is 11.7 Å². The first-order valence-corrected chi connectivity index (χ1v) is 8.97. The smallest absolute Gasteiger partial charge is 0.225 e. The number of carbonyl (C=O) groups excluding carboxylic acids is 1. The Morgan fingerprint density at radius 1 is 1.30 bits per heavy atom. The number of nitrogens with zero attached hydrogens (tertiary/aromatic N) is 2. The first-order valence-electron chi connectivity index (χ1n) is 8.22. The Bertz CT molecular complexity index is 911. The molecule has 0 spiro atoms. The number of carbonyl (C=O) groups is 1. The monoisotopic (exact) mass is 406 g/mol. The minimum atomic E-state index is -0.748. The Morgan fingerprint density at radius 3 is 2.70 bits per heavy atom. The highest BCUT2D eigenvalue weighted by Crippen LogP contribution is 2.25. The molecule has 8 heteroatoms. The topological polar surface area (TPSA) is 65.8 Å². The lowest BCUT2D eigenvalue weighted by Crippen LogP contribution is -2.53. The molecule has 1 aliphatic heterocycles. The van der Waals surface area contributed by atoms with E-state index in [9.17, 15) is 9.18 Å². The van der Waals surface area contributed by atoms with Crippen LogP contribution in [0.2, 0.25) is 10.0 Å². The lowest BCUT2D eigenvalue weighted by Gasteiger charge is -2.30. The SMILES string of the molecule is CC1(NC(=O)Cc2c(Cl)cccc2Cl)C=NNC(=Nc2cccc(F)c2)C1. The van der Waals surface area contributed by atoms with Crippen LogP contribution in [0.3, 0.4) is 0 Å². The van der Waals surface area contributed by atoms with Gasteiger partial charge in [0.05, 0.1) is 23.9 Å². The van der Waals surface area contributed by atoms with Crippen molar-refractivity contribution in [3.8, 4) is 0 Å². The zero-order valence-electron chi connectivity index (χ0n) is 14.5. The average molecular weight is 407 g/mol. The molecule has 0 aromatic heterocycles. The zero-order chi connectivity index (χ0) is 19.4. The van der Waals surface area contributed by atoms with E-state index in [0.717, 1.165) is 0 Å². The molecule has 2 N–H and O–H groups in total. The third-order valence-corrected chi connectivity index (χ3v) is 4.68. The molecule has 1 unspecified atom stereocenters. The summed E-state index contributed by atoms with van der Waals surface area (Å²) in [4.78, 5) is 16.9. The molecule has 2 aromatic carbocycles. The van der Waals surface area contributed by atoms with Gasteiger partial charge in [-0.1, -0.05) is 35.3 Å². The van der Waals surface area contributed by atoms with E-state index in [-0.39, 0.29) is 18.1 Å². The summed E-state index contributed by atoms with van der Waals surface area (Å²) in [5.74, 6) is -0.100. The van der Waals surface area contributed by atoms with Gasteiger partial charge >= 0.3 is 0 Å². The highest BCUT2D eigenvalue weighted by Gasteiger charge is 2.30. The predicted octanol–water partition coefficient (Wildman–Crippen LogP) is 4.26. The summed E-state index contributed by atoms with van der Waals surface area (Å²) in [7, 11) is 0. The molecule has 1 amide bonds. The summed E-state index contributed by atoms with van der Waals surface area (Å²) in [6.07, 6.45) is 2.02. The van der Waals surface area contributed by atoms with Crippen molar-refractivity contribution in [2.75, 3.05) is 0 Å². The lowest BCUT2D eigenvalue weighted by atomic mass is 9.97. The van der Waals surface area contributed by atoms with Gasteiger partial charge in [0.2, 0.25) is 5.91 Å². The van der Waals surface area contributed by atoms with Gasteiger partial charge in [-0.05, 0) is 42.8 Å². The van der Waals surface area contributed by atoms with E-state index in [4.69, 9.17) is 23.2 Å². The van der Waals surface area contributed by atoms with E-state index in [1.165, 1.54) is 12.1 Å². The van der Waals surface area contributed by atoms with Crippen LogP contribution in [0.1, 0.15) is 18.9 Å². The van der Waals surface area contributed by atoms with Gasteiger partial charge in [0.15, 0.2) is 0 Å². The lowest BCUT2D eigenvalue weighted by molar-refractivity contribution is -0.121. The maximum absolute atomic E-state index is 13.3. The summed E-state index contributed by atoms with van der Waals surface area (Å²) in [5.41, 5.74) is 3.07. The maximum atomic E-state index is 13.3. The van der Waals surface area contributed by atoms with Crippen molar-refractivity contribution in [3.05, 3.63) is 63.9 Å². The van der Waals surface area contributed by atoms with E-state index in [1.54, 1.807) is 36.5 Å². The van der Waals surface area contributed by atoms with Crippen LogP contribution in [0.15, 0.2) is 52.6 Å². The molecule has 0 saturated carbocycles. The number of hydrazone groups is 1. The largest absolute Gasteiger partial charge is 0.345 e. The standard InChI is InChI=1S/C19H17Cl2FN4O/c1-19(25-18(27)9-14-15(20)6-3-7-16(14)21)10-17(26-23-11-19)24-13-5-2-4-12(22)8-13/h2-8,11H,9-10H2,1H3,(H,24,26)(H,25,27). The molecule has 0 bridgehead atoms. The van der Waals surface area contributed by atoms with Crippen molar-refractivity contribution in [2.24, 2.45) is 10.1 Å². The minimum Gasteiger partial charge on any atom is -0.345 e. The second-order valence-electron chi connectivity index (χ2n) is 6.43. The van der Waals surface area contributed by atoms with Crippen molar-refractivity contribution < 1.29 is 9.18 Å². The van der Waals surface area contributed by atoms with Crippen molar-refractivity contribution in [3.63, 3.8) is 0 Å². The maximum Gasteiger partial charge on any atom is 0.225 e. The second kappa shape index (κ2) is 8.06. The van der Waals surface area contributed by atoms with Crippen molar-refractivity contribution in [2.45, 2.75) is 25.3 Å². The normalized spacial score (nSPS) is 20.4. The van der Waals surface area contributed by atoms with Gasteiger partial charge < -0.3 is 5.32 Å². The molecule has 0 aliphatic carbocycles. The van der Waals surface area contributed by atoms with Crippen LogP contribution in [0.5, 0.6) is 0 Å². The quantitative estimate of drug-likeness (QED) is 0.796. The van der Waals surface area contributed by atoms with Gasteiger partial charge in [-0.15, -0.1) is 0 Å². The number of hydrogen-bond acceptors (Lipinski definition) is 3. The third kappa shape index (κ3) is 5.05. The fourth-order valence-electron chi connectivity index (χ4n) is 2.75. The molecule has 0 radical (unpaired) electrons. The van der Waals surface area contributed by atoms with E-state index >= 15 is 0 Å². The Morgan fingerprint density at radius 2 is 2.00 bits per heavy atom. The molecule has 1 aliphatic rings. The summed E-state index contributed by atoms with van der Waals surface area (Å²) < 4.78 is 13.3.